The molecule has 12 heteroatoms. The first-order valence-corrected chi connectivity index (χ1v) is 15.8. The standard InChI is InChI=1S/C36H38N10O2/c1-23-16-25(18-41-32(23)44-12-14-45(15-13-44)34(47)48-35(2,3)4)24-8-10-28-27(17-24)31-29(20-39-28)43(7)33(42-22-38)46(31)26-9-11-30(40-19-26)36(5,6)21-37/h8-11,16-20H,12-15H2,1-7H3/b42-33-. The maximum atomic E-state index is 12.5. The van der Waals surface area contributed by atoms with E-state index in [0.29, 0.717) is 43.2 Å². The molecule has 12 nitrogen and oxygen atoms in total. The number of aromatic nitrogens is 5. The van der Waals surface area contributed by atoms with Crippen LogP contribution < -0.4 is 10.5 Å². The van der Waals surface area contributed by atoms with Crippen molar-refractivity contribution in [2.45, 2.75) is 52.6 Å². The number of aryl methyl sites for hydroxylation is 2. The number of hydrogen-bond acceptors (Lipinski definition) is 9. The minimum atomic E-state index is -0.747. The van der Waals surface area contributed by atoms with Crippen LogP contribution in [0.2, 0.25) is 0 Å². The molecular weight excluding hydrogens is 604 g/mol. The zero-order valence-corrected chi connectivity index (χ0v) is 28.3. The minimum Gasteiger partial charge on any atom is -0.444 e. The Morgan fingerprint density at radius 1 is 0.917 bits per heavy atom. The van der Waals surface area contributed by atoms with Gasteiger partial charge in [0.15, 0.2) is 0 Å². The molecule has 1 amide bonds. The Labute approximate surface area is 279 Å². The average molecular weight is 643 g/mol. The van der Waals surface area contributed by atoms with Crippen molar-refractivity contribution in [3.8, 4) is 29.1 Å². The predicted molar refractivity (Wildman–Crippen MR) is 183 cm³/mol. The number of carbonyl (C=O) groups is 1. The van der Waals surface area contributed by atoms with E-state index in [0.717, 1.165) is 44.4 Å². The van der Waals surface area contributed by atoms with Gasteiger partial charge in [0.1, 0.15) is 11.4 Å². The van der Waals surface area contributed by atoms with E-state index in [9.17, 15) is 15.3 Å². The van der Waals surface area contributed by atoms with Crippen molar-refractivity contribution in [3.05, 3.63) is 71.9 Å². The van der Waals surface area contributed by atoms with Gasteiger partial charge in [-0.3, -0.25) is 14.5 Å². The molecule has 0 atom stereocenters. The van der Waals surface area contributed by atoms with Crippen molar-refractivity contribution in [1.29, 1.82) is 10.5 Å². The van der Waals surface area contributed by atoms with Crippen molar-refractivity contribution in [2.24, 2.45) is 12.0 Å². The summed E-state index contributed by atoms with van der Waals surface area (Å²) in [5.74, 6) is 0.895. The smallest absolute Gasteiger partial charge is 0.410 e. The monoisotopic (exact) mass is 642 g/mol. The molecule has 5 heterocycles. The first kappa shape index (κ1) is 32.2. The highest BCUT2D eigenvalue weighted by molar-refractivity contribution is 6.04. The Kier molecular flexibility index (Phi) is 8.13. The van der Waals surface area contributed by atoms with E-state index in [2.05, 4.69) is 40.0 Å². The van der Waals surface area contributed by atoms with Gasteiger partial charge in [-0.1, -0.05) is 6.07 Å². The second-order valence-electron chi connectivity index (χ2n) is 13.6. The van der Waals surface area contributed by atoms with Gasteiger partial charge in [0, 0.05) is 50.4 Å². The van der Waals surface area contributed by atoms with Gasteiger partial charge >= 0.3 is 6.09 Å². The van der Waals surface area contributed by atoms with Crippen LogP contribution in [-0.2, 0) is 17.2 Å². The van der Waals surface area contributed by atoms with Gasteiger partial charge in [-0.25, -0.2) is 9.78 Å². The van der Waals surface area contributed by atoms with Crippen LogP contribution in [0, 0.1) is 29.7 Å². The number of amides is 1. The highest BCUT2D eigenvalue weighted by atomic mass is 16.6. The van der Waals surface area contributed by atoms with E-state index in [1.54, 1.807) is 17.3 Å². The van der Waals surface area contributed by atoms with E-state index in [1.165, 1.54) is 0 Å². The molecule has 1 aliphatic rings. The van der Waals surface area contributed by atoms with Crippen LogP contribution in [0.25, 0.3) is 38.8 Å². The van der Waals surface area contributed by atoms with Crippen molar-refractivity contribution in [2.75, 3.05) is 31.1 Å². The third kappa shape index (κ3) is 5.93. The Morgan fingerprint density at radius 2 is 1.67 bits per heavy atom. The van der Waals surface area contributed by atoms with Crippen molar-refractivity contribution < 1.29 is 9.53 Å². The number of hydrogen-bond donors (Lipinski definition) is 0. The summed E-state index contributed by atoms with van der Waals surface area (Å²) in [4.78, 5) is 34.9. The molecule has 0 bridgehead atoms. The molecule has 48 heavy (non-hydrogen) atoms. The fourth-order valence-electron chi connectivity index (χ4n) is 6.03. The summed E-state index contributed by atoms with van der Waals surface area (Å²) >= 11 is 0. The maximum absolute atomic E-state index is 12.5. The van der Waals surface area contributed by atoms with E-state index in [-0.39, 0.29) is 6.09 Å². The second-order valence-corrected chi connectivity index (χ2v) is 13.6. The molecule has 1 fully saturated rings. The summed E-state index contributed by atoms with van der Waals surface area (Å²) in [6, 6.07) is 14.3. The van der Waals surface area contributed by atoms with Gasteiger partial charge in [-0.05, 0) is 83.0 Å². The maximum Gasteiger partial charge on any atom is 0.410 e. The summed E-state index contributed by atoms with van der Waals surface area (Å²) in [6.07, 6.45) is 7.03. The molecule has 1 aliphatic heterocycles. The van der Waals surface area contributed by atoms with E-state index >= 15 is 0 Å². The number of ether oxygens (including phenoxy) is 1. The topological polar surface area (TPSA) is 141 Å². The lowest BCUT2D eigenvalue weighted by atomic mass is 9.91. The molecular formula is C36H38N10O2. The number of carbonyl (C=O) groups excluding carboxylic acids is 1. The van der Waals surface area contributed by atoms with Gasteiger partial charge in [0.25, 0.3) is 0 Å². The molecule has 4 aromatic heterocycles. The molecule has 6 rings (SSSR count). The molecule has 244 valence electrons. The molecule has 0 saturated carbocycles. The summed E-state index contributed by atoms with van der Waals surface area (Å²) < 4.78 is 9.30. The largest absolute Gasteiger partial charge is 0.444 e. The summed E-state index contributed by atoms with van der Waals surface area (Å²) in [7, 11) is 1.85. The van der Waals surface area contributed by atoms with Crippen molar-refractivity contribution in [1.82, 2.24) is 29.0 Å². The lowest BCUT2D eigenvalue weighted by molar-refractivity contribution is 0.0240. The van der Waals surface area contributed by atoms with Gasteiger partial charge < -0.3 is 19.1 Å². The van der Waals surface area contributed by atoms with E-state index in [1.807, 2.05) is 87.5 Å². The van der Waals surface area contributed by atoms with Gasteiger partial charge in [-0.2, -0.15) is 10.5 Å². The Bertz CT molecular complexity index is 2200. The van der Waals surface area contributed by atoms with Crippen molar-refractivity contribution in [3.63, 3.8) is 0 Å². The summed E-state index contributed by atoms with van der Waals surface area (Å²) in [5.41, 5.74) is 5.88. The molecule has 5 aromatic rings. The van der Waals surface area contributed by atoms with Crippen molar-refractivity contribution >= 4 is 33.8 Å². The van der Waals surface area contributed by atoms with Gasteiger partial charge in [0.05, 0.1) is 51.8 Å². The fraction of sp³-hybridized carbons (Fsp3) is 0.361. The lowest BCUT2D eigenvalue weighted by Crippen LogP contribution is -2.50. The highest BCUT2D eigenvalue weighted by Crippen LogP contribution is 2.32. The van der Waals surface area contributed by atoms with Crippen LogP contribution in [0.5, 0.6) is 0 Å². The Morgan fingerprint density at radius 3 is 2.29 bits per heavy atom. The van der Waals surface area contributed by atoms with Crippen LogP contribution in [0.3, 0.4) is 0 Å². The van der Waals surface area contributed by atoms with Crippen LogP contribution in [0.15, 0.2) is 60.0 Å². The number of nitrogens with zero attached hydrogens (tertiary/aromatic N) is 10. The highest BCUT2D eigenvalue weighted by Gasteiger charge is 2.27. The zero-order chi connectivity index (χ0) is 34.4. The predicted octanol–water partition coefficient (Wildman–Crippen LogP) is 5.52. The lowest BCUT2D eigenvalue weighted by Gasteiger charge is -2.36. The molecule has 0 spiro atoms. The molecule has 0 aliphatic carbocycles. The number of imidazole rings is 1. The number of anilines is 1. The second kappa shape index (κ2) is 12.1. The van der Waals surface area contributed by atoms with Crippen LogP contribution in [0.4, 0.5) is 10.6 Å². The third-order valence-corrected chi connectivity index (χ3v) is 8.60. The number of rotatable bonds is 4. The number of piperazine rings is 1. The van der Waals surface area contributed by atoms with E-state index < -0.39 is 11.0 Å². The average Bonchev–Trinajstić information content (AvgIpc) is 3.35. The fourth-order valence-corrected chi connectivity index (χ4v) is 6.03. The van der Waals surface area contributed by atoms with Crippen LogP contribution in [0.1, 0.15) is 45.9 Å². The molecule has 0 N–H and O–H groups in total. The number of benzene rings is 1. The summed E-state index contributed by atoms with van der Waals surface area (Å²) in [5, 5.41) is 20.1. The van der Waals surface area contributed by atoms with Crippen LogP contribution >= 0.6 is 0 Å². The Hall–Kier alpha value is -5.75. The molecule has 1 aromatic carbocycles. The quantitative estimate of drug-likeness (QED) is 0.233. The van der Waals surface area contributed by atoms with Crippen LogP contribution in [-0.4, -0.2) is 66.9 Å². The van der Waals surface area contributed by atoms with Gasteiger partial charge in [-0.15, -0.1) is 4.99 Å². The normalized spacial score (nSPS) is 14.3. The van der Waals surface area contributed by atoms with Gasteiger partial charge in [0.2, 0.25) is 11.8 Å². The molecule has 1 saturated heterocycles. The molecule has 0 radical (unpaired) electrons. The first-order valence-electron chi connectivity index (χ1n) is 15.8. The first-order chi connectivity index (χ1) is 22.8. The number of nitriles is 2. The third-order valence-electron chi connectivity index (χ3n) is 8.60. The number of pyridine rings is 3. The number of fused-ring (bicyclic) bond motifs is 3. The van der Waals surface area contributed by atoms with E-state index in [4.69, 9.17) is 14.7 Å². The minimum absolute atomic E-state index is 0.286. The molecule has 0 unspecified atom stereocenters. The SMILES string of the molecule is Cc1cc(-c2ccc3ncc4c(c3c2)n(-c2ccc(C(C)(C)C#N)nc2)/c(=N\C#N)n4C)cnc1N1CCN(C(=O)OC(C)(C)C)CC1. The summed E-state index contributed by atoms with van der Waals surface area (Å²) in [6.45, 7) is 13.8. The zero-order valence-electron chi connectivity index (χ0n) is 28.3. The Balaban J connectivity index is 1.38.